The van der Waals surface area contributed by atoms with Crippen LogP contribution in [0.4, 0.5) is 0 Å². The third kappa shape index (κ3) is 3.36. The Balaban J connectivity index is 1.55. The van der Waals surface area contributed by atoms with Crippen LogP contribution < -0.4 is 0 Å². The van der Waals surface area contributed by atoms with Crippen LogP contribution in [0.15, 0.2) is 79.4 Å². The van der Waals surface area contributed by atoms with E-state index in [1.807, 2.05) is 24.3 Å². The van der Waals surface area contributed by atoms with Crippen molar-refractivity contribution in [3.05, 3.63) is 96.5 Å². The van der Waals surface area contributed by atoms with Crippen LogP contribution in [0.1, 0.15) is 17.1 Å². The van der Waals surface area contributed by atoms with E-state index in [1.165, 1.54) is 16.7 Å². The lowest BCUT2D eigenvalue weighted by atomic mass is 10.0. The van der Waals surface area contributed by atoms with E-state index >= 15 is 0 Å². The van der Waals surface area contributed by atoms with Crippen molar-refractivity contribution in [3.63, 3.8) is 0 Å². The predicted molar refractivity (Wildman–Crippen MR) is 102 cm³/mol. The van der Waals surface area contributed by atoms with Gasteiger partial charge in [0.2, 0.25) is 0 Å². The van der Waals surface area contributed by atoms with Gasteiger partial charge in [-0.3, -0.25) is 0 Å². The van der Waals surface area contributed by atoms with E-state index in [1.54, 1.807) is 0 Å². The SMILES string of the molecule is C=CCc1nc2ccc(Cc3ccc(-c4ccccc4)cc3)nc2[nH]1. The summed E-state index contributed by atoms with van der Waals surface area (Å²) in [6.45, 7) is 3.75. The zero-order valence-electron chi connectivity index (χ0n) is 13.9. The number of allylic oxidation sites excluding steroid dienone is 1. The number of H-pyrrole nitrogens is 1. The van der Waals surface area contributed by atoms with E-state index < -0.39 is 0 Å². The van der Waals surface area contributed by atoms with Gasteiger partial charge in [0.1, 0.15) is 11.3 Å². The molecule has 2 aromatic carbocycles. The van der Waals surface area contributed by atoms with Gasteiger partial charge in [-0.2, -0.15) is 0 Å². The molecule has 0 aliphatic rings. The van der Waals surface area contributed by atoms with Crippen LogP contribution in [0.3, 0.4) is 0 Å². The van der Waals surface area contributed by atoms with Crippen LogP contribution in [0, 0.1) is 0 Å². The van der Waals surface area contributed by atoms with Gasteiger partial charge in [-0.25, -0.2) is 9.97 Å². The first-order valence-corrected chi connectivity index (χ1v) is 8.41. The summed E-state index contributed by atoms with van der Waals surface area (Å²) >= 11 is 0. The molecule has 0 aliphatic heterocycles. The van der Waals surface area contributed by atoms with Crippen LogP contribution in [0.5, 0.6) is 0 Å². The minimum atomic E-state index is 0.729. The molecule has 0 fully saturated rings. The molecule has 0 amide bonds. The number of nitrogens with one attached hydrogen (secondary N) is 1. The molecule has 3 heteroatoms. The zero-order valence-corrected chi connectivity index (χ0v) is 13.9. The van der Waals surface area contributed by atoms with Gasteiger partial charge < -0.3 is 4.98 Å². The van der Waals surface area contributed by atoms with Gasteiger partial charge in [-0.1, -0.05) is 60.7 Å². The third-order valence-corrected chi connectivity index (χ3v) is 4.23. The number of aromatic amines is 1. The van der Waals surface area contributed by atoms with Crippen molar-refractivity contribution < 1.29 is 0 Å². The van der Waals surface area contributed by atoms with Gasteiger partial charge in [-0.15, -0.1) is 6.58 Å². The van der Waals surface area contributed by atoms with Gasteiger partial charge in [0.25, 0.3) is 0 Å². The molecule has 0 saturated heterocycles. The van der Waals surface area contributed by atoms with E-state index in [9.17, 15) is 0 Å². The first kappa shape index (κ1) is 15.3. The minimum absolute atomic E-state index is 0.729. The fourth-order valence-electron chi connectivity index (χ4n) is 2.97. The lowest BCUT2D eigenvalue weighted by Gasteiger charge is -2.05. The molecule has 4 rings (SSSR count). The molecule has 3 nitrogen and oxygen atoms in total. The first-order chi connectivity index (χ1) is 12.3. The fraction of sp³-hybridized carbons (Fsp3) is 0.0909. The summed E-state index contributed by atoms with van der Waals surface area (Å²) in [4.78, 5) is 12.5. The van der Waals surface area contributed by atoms with Crippen molar-refractivity contribution in [2.75, 3.05) is 0 Å². The summed E-state index contributed by atoms with van der Waals surface area (Å²) in [5, 5.41) is 0. The van der Waals surface area contributed by atoms with Crippen molar-refractivity contribution in [3.8, 4) is 11.1 Å². The maximum atomic E-state index is 4.70. The van der Waals surface area contributed by atoms with E-state index in [2.05, 4.69) is 65.1 Å². The Morgan fingerprint density at radius 3 is 2.36 bits per heavy atom. The molecular formula is C22H19N3. The van der Waals surface area contributed by atoms with Crippen molar-refractivity contribution in [2.45, 2.75) is 12.8 Å². The molecule has 122 valence electrons. The standard InChI is InChI=1S/C22H19N3/c1-2-6-21-24-20-14-13-19(23-22(20)25-21)15-16-9-11-18(12-10-16)17-7-4-3-5-8-17/h2-5,7-14H,1,6,15H2,(H,23,24,25). The van der Waals surface area contributed by atoms with Gasteiger partial charge in [0.15, 0.2) is 5.65 Å². The third-order valence-electron chi connectivity index (χ3n) is 4.23. The highest BCUT2D eigenvalue weighted by atomic mass is 15.0. The maximum absolute atomic E-state index is 4.70. The van der Waals surface area contributed by atoms with Crippen molar-refractivity contribution in [2.24, 2.45) is 0 Å². The molecular weight excluding hydrogens is 306 g/mol. The Hall–Kier alpha value is -3.20. The highest BCUT2D eigenvalue weighted by Gasteiger charge is 2.05. The van der Waals surface area contributed by atoms with E-state index in [4.69, 9.17) is 4.98 Å². The molecule has 0 saturated carbocycles. The molecule has 0 spiro atoms. The Kier molecular flexibility index (Phi) is 4.13. The van der Waals surface area contributed by atoms with Crippen LogP contribution in [-0.2, 0) is 12.8 Å². The number of pyridine rings is 1. The quantitative estimate of drug-likeness (QED) is 0.528. The second-order valence-corrected chi connectivity index (χ2v) is 6.09. The number of hydrogen-bond donors (Lipinski definition) is 1. The maximum Gasteiger partial charge on any atom is 0.157 e. The number of nitrogens with zero attached hydrogens (tertiary/aromatic N) is 2. The van der Waals surface area contributed by atoms with Crippen LogP contribution in [-0.4, -0.2) is 15.0 Å². The van der Waals surface area contributed by atoms with Gasteiger partial charge in [0, 0.05) is 18.5 Å². The molecule has 1 N–H and O–H groups in total. The first-order valence-electron chi connectivity index (χ1n) is 8.41. The smallest absolute Gasteiger partial charge is 0.157 e. The largest absolute Gasteiger partial charge is 0.326 e. The fourth-order valence-corrected chi connectivity index (χ4v) is 2.97. The molecule has 25 heavy (non-hydrogen) atoms. The summed E-state index contributed by atoms with van der Waals surface area (Å²) in [6.07, 6.45) is 3.38. The van der Waals surface area contributed by atoms with E-state index in [-0.39, 0.29) is 0 Å². The summed E-state index contributed by atoms with van der Waals surface area (Å²) in [5.74, 6) is 0.905. The van der Waals surface area contributed by atoms with Crippen molar-refractivity contribution >= 4 is 11.2 Å². The van der Waals surface area contributed by atoms with Gasteiger partial charge in [-0.05, 0) is 28.8 Å². The van der Waals surface area contributed by atoms with Crippen LogP contribution >= 0.6 is 0 Å². The monoisotopic (exact) mass is 325 g/mol. The molecule has 2 heterocycles. The van der Waals surface area contributed by atoms with Gasteiger partial charge in [0.05, 0.1) is 0 Å². The number of rotatable bonds is 5. The average molecular weight is 325 g/mol. The van der Waals surface area contributed by atoms with Gasteiger partial charge >= 0.3 is 0 Å². The van der Waals surface area contributed by atoms with Crippen LogP contribution in [0.2, 0.25) is 0 Å². The molecule has 0 unspecified atom stereocenters. The molecule has 0 bridgehead atoms. The number of fused-ring (bicyclic) bond motifs is 1. The highest BCUT2D eigenvalue weighted by Crippen LogP contribution is 2.20. The van der Waals surface area contributed by atoms with Crippen molar-refractivity contribution in [1.82, 2.24) is 15.0 Å². The summed E-state index contributed by atoms with van der Waals surface area (Å²) in [6, 6.07) is 23.2. The summed E-state index contributed by atoms with van der Waals surface area (Å²) < 4.78 is 0. The Morgan fingerprint density at radius 1 is 0.840 bits per heavy atom. The van der Waals surface area contributed by atoms with E-state index in [0.29, 0.717) is 0 Å². The Bertz CT molecular complexity index is 999. The highest BCUT2D eigenvalue weighted by molar-refractivity contribution is 5.70. The second kappa shape index (κ2) is 6.73. The molecule has 2 aromatic heterocycles. The molecule has 0 radical (unpaired) electrons. The number of benzene rings is 2. The zero-order chi connectivity index (χ0) is 17.1. The molecule has 0 atom stereocenters. The minimum Gasteiger partial charge on any atom is -0.326 e. The number of aromatic nitrogens is 3. The molecule has 4 aromatic rings. The lowest BCUT2D eigenvalue weighted by molar-refractivity contribution is 1.06. The Labute approximate surface area is 147 Å². The number of hydrogen-bond acceptors (Lipinski definition) is 2. The normalized spacial score (nSPS) is 10.9. The Morgan fingerprint density at radius 2 is 1.60 bits per heavy atom. The number of imidazole rings is 1. The second-order valence-electron chi connectivity index (χ2n) is 6.09. The lowest BCUT2D eigenvalue weighted by Crippen LogP contribution is -1.92. The average Bonchev–Trinajstić information content (AvgIpc) is 3.05. The van der Waals surface area contributed by atoms with E-state index in [0.717, 1.165) is 35.5 Å². The summed E-state index contributed by atoms with van der Waals surface area (Å²) in [7, 11) is 0. The predicted octanol–water partition coefficient (Wildman–Crippen LogP) is 4.94. The summed E-state index contributed by atoms with van der Waals surface area (Å²) in [5.41, 5.74) is 6.50. The molecule has 0 aliphatic carbocycles. The van der Waals surface area contributed by atoms with Crippen LogP contribution in [0.25, 0.3) is 22.3 Å². The topological polar surface area (TPSA) is 41.6 Å². The van der Waals surface area contributed by atoms with Crippen molar-refractivity contribution in [1.29, 1.82) is 0 Å².